The van der Waals surface area contributed by atoms with E-state index in [0.717, 1.165) is 38.9 Å². The third-order valence-corrected chi connectivity index (χ3v) is 5.40. The average Bonchev–Trinajstić information content (AvgIpc) is 2.84. The highest BCUT2D eigenvalue weighted by atomic mass is 16.2. The Balaban J connectivity index is 1.94. The summed E-state index contributed by atoms with van der Waals surface area (Å²) in [5, 5.41) is 2.32. The van der Waals surface area contributed by atoms with Gasteiger partial charge in [-0.1, -0.05) is 78.9 Å². The van der Waals surface area contributed by atoms with Gasteiger partial charge in [0, 0.05) is 18.2 Å². The molecule has 1 aliphatic rings. The van der Waals surface area contributed by atoms with E-state index in [0.29, 0.717) is 0 Å². The van der Waals surface area contributed by atoms with Gasteiger partial charge in [-0.2, -0.15) is 0 Å². The summed E-state index contributed by atoms with van der Waals surface area (Å²) in [6.07, 6.45) is 2.19. The molecule has 1 heterocycles. The molecule has 0 saturated heterocycles. The maximum absolute atomic E-state index is 13.2. The number of benzene rings is 4. The highest BCUT2D eigenvalue weighted by Gasteiger charge is 2.28. The highest BCUT2D eigenvalue weighted by Crippen LogP contribution is 2.42. The minimum atomic E-state index is 0.0172. The van der Waals surface area contributed by atoms with E-state index in [2.05, 4.69) is 54.6 Å². The molecule has 0 atom stereocenters. The zero-order valence-electron chi connectivity index (χ0n) is 15.6. The van der Waals surface area contributed by atoms with Crippen molar-refractivity contribution in [1.82, 2.24) is 0 Å². The first-order valence-electron chi connectivity index (χ1n) is 9.40. The number of hydrogen-bond acceptors (Lipinski definition) is 1. The maximum atomic E-state index is 13.2. The van der Waals surface area contributed by atoms with E-state index in [-0.39, 0.29) is 5.91 Å². The molecule has 0 fully saturated rings. The van der Waals surface area contributed by atoms with Crippen molar-refractivity contribution in [3.05, 3.63) is 113 Å². The molecular formula is C26H19NO. The Morgan fingerprint density at radius 1 is 0.714 bits per heavy atom. The fraction of sp³-hybridized carbons (Fsp3) is 0.0385. The highest BCUT2D eigenvalue weighted by molar-refractivity contribution is 6.19. The van der Waals surface area contributed by atoms with Gasteiger partial charge in [-0.15, -0.1) is 0 Å². The van der Waals surface area contributed by atoms with E-state index in [1.54, 1.807) is 4.90 Å². The van der Waals surface area contributed by atoms with E-state index in [4.69, 9.17) is 0 Å². The van der Waals surface area contributed by atoms with Gasteiger partial charge in [-0.25, -0.2) is 0 Å². The number of carbonyl (C=O) groups excluding carboxylic acids is 1. The summed E-state index contributed by atoms with van der Waals surface area (Å²) >= 11 is 0. The normalized spacial score (nSPS) is 14.7. The number of nitrogens with zero attached hydrogens (tertiary/aromatic N) is 1. The van der Waals surface area contributed by atoms with Gasteiger partial charge in [0.1, 0.15) is 0 Å². The third-order valence-electron chi connectivity index (χ3n) is 5.40. The summed E-state index contributed by atoms with van der Waals surface area (Å²) in [6, 6.07) is 30.7. The van der Waals surface area contributed by atoms with Crippen LogP contribution >= 0.6 is 0 Å². The van der Waals surface area contributed by atoms with Crippen LogP contribution in [-0.4, -0.2) is 13.0 Å². The number of anilines is 1. The van der Waals surface area contributed by atoms with Crippen LogP contribution in [0.2, 0.25) is 0 Å². The molecular weight excluding hydrogens is 342 g/mol. The SMILES string of the molecule is CN1C(=O)c2ccccc2/C(=C/c2ccccc2)c2c1ccc1ccccc21. The van der Waals surface area contributed by atoms with Crippen molar-refractivity contribution in [2.24, 2.45) is 0 Å². The molecule has 5 rings (SSSR count). The Hall–Kier alpha value is -3.65. The van der Waals surface area contributed by atoms with Crippen LogP contribution in [0, 0.1) is 0 Å². The van der Waals surface area contributed by atoms with Gasteiger partial charge in [-0.3, -0.25) is 4.79 Å². The number of amides is 1. The van der Waals surface area contributed by atoms with Crippen molar-refractivity contribution < 1.29 is 4.79 Å². The van der Waals surface area contributed by atoms with E-state index >= 15 is 0 Å². The third kappa shape index (κ3) is 2.54. The Morgan fingerprint density at radius 3 is 2.21 bits per heavy atom. The molecule has 2 nitrogen and oxygen atoms in total. The minimum absolute atomic E-state index is 0.0172. The van der Waals surface area contributed by atoms with Crippen molar-refractivity contribution >= 4 is 34.0 Å². The summed E-state index contributed by atoms with van der Waals surface area (Å²) < 4.78 is 0. The lowest BCUT2D eigenvalue weighted by molar-refractivity contribution is 0.0993. The average molecular weight is 361 g/mol. The van der Waals surface area contributed by atoms with Crippen LogP contribution in [0.3, 0.4) is 0 Å². The Labute approximate surface area is 164 Å². The second-order valence-electron chi connectivity index (χ2n) is 7.06. The second kappa shape index (κ2) is 6.50. The van der Waals surface area contributed by atoms with E-state index < -0.39 is 0 Å². The zero-order chi connectivity index (χ0) is 19.1. The van der Waals surface area contributed by atoms with Crippen molar-refractivity contribution in [3.8, 4) is 0 Å². The van der Waals surface area contributed by atoms with E-state index in [9.17, 15) is 4.79 Å². The van der Waals surface area contributed by atoms with Crippen molar-refractivity contribution in [2.45, 2.75) is 0 Å². The summed E-state index contributed by atoms with van der Waals surface area (Å²) in [7, 11) is 1.86. The van der Waals surface area contributed by atoms with Gasteiger partial charge >= 0.3 is 0 Å². The first-order chi connectivity index (χ1) is 13.7. The molecule has 0 aliphatic carbocycles. The van der Waals surface area contributed by atoms with Crippen LogP contribution in [0.5, 0.6) is 0 Å². The molecule has 0 saturated carbocycles. The maximum Gasteiger partial charge on any atom is 0.258 e. The molecule has 28 heavy (non-hydrogen) atoms. The van der Waals surface area contributed by atoms with E-state index in [1.165, 1.54) is 5.39 Å². The molecule has 1 amide bonds. The smallest absolute Gasteiger partial charge is 0.258 e. The Bertz CT molecular complexity index is 1240. The van der Waals surface area contributed by atoms with Gasteiger partial charge in [0.25, 0.3) is 5.91 Å². The summed E-state index contributed by atoms with van der Waals surface area (Å²) in [6.45, 7) is 0. The van der Waals surface area contributed by atoms with Gasteiger partial charge in [-0.05, 0) is 45.7 Å². The number of hydrogen-bond donors (Lipinski definition) is 0. The molecule has 4 aromatic rings. The van der Waals surface area contributed by atoms with Gasteiger partial charge in [0.05, 0.1) is 5.69 Å². The molecule has 1 aliphatic heterocycles. The molecule has 0 aromatic heterocycles. The van der Waals surface area contributed by atoms with Crippen LogP contribution in [0.15, 0.2) is 91.0 Å². The lowest BCUT2D eigenvalue weighted by Crippen LogP contribution is -2.26. The molecule has 0 spiro atoms. The zero-order valence-corrected chi connectivity index (χ0v) is 15.6. The lowest BCUT2D eigenvalue weighted by Gasteiger charge is -2.19. The molecule has 4 aromatic carbocycles. The van der Waals surface area contributed by atoms with Crippen molar-refractivity contribution in [1.29, 1.82) is 0 Å². The topological polar surface area (TPSA) is 20.3 Å². The van der Waals surface area contributed by atoms with Gasteiger partial charge in [0.15, 0.2) is 0 Å². The van der Waals surface area contributed by atoms with Crippen LogP contribution in [-0.2, 0) is 0 Å². The van der Waals surface area contributed by atoms with Crippen molar-refractivity contribution in [2.75, 3.05) is 11.9 Å². The Morgan fingerprint density at radius 2 is 1.39 bits per heavy atom. The molecule has 0 radical (unpaired) electrons. The second-order valence-corrected chi connectivity index (χ2v) is 7.06. The summed E-state index contributed by atoms with van der Waals surface area (Å²) in [5.41, 5.74) is 5.92. The van der Waals surface area contributed by atoms with Crippen LogP contribution in [0.4, 0.5) is 5.69 Å². The molecule has 0 bridgehead atoms. The monoisotopic (exact) mass is 361 g/mol. The molecule has 2 heteroatoms. The fourth-order valence-electron chi connectivity index (χ4n) is 4.02. The number of rotatable bonds is 1. The molecule has 0 N–H and O–H groups in total. The van der Waals surface area contributed by atoms with Crippen LogP contribution in [0.25, 0.3) is 22.4 Å². The number of carbonyl (C=O) groups is 1. The first-order valence-corrected chi connectivity index (χ1v) is 9.40. The van der Waals surface area contributed by atoms with E-state index in [1.807, 2.05) is 49.5 Å². The molecule has 0 unspecified atom stereocenters. The minimum Gasteiger partial charge on any atom is -0.311 e. The van der Waals surface area contributed by atoms with Crippen LogP contribution in [0.1, 0.15) is 27.0 Å². The predicted octanol–water partition coefficient (Wildman–Crippen LogP) is 6.02. The largest absolute Gasteiger partial charge is 0.311 e. The lowest BCUT2D eigenvalue weighted by atomic mass is 9.89. The molecule has 134 valence electrons. The first kappa shape index (κ1) is 16.5. The van der Waals surface area contributed by atoms with Crippen LogP contribution < -0.4 is 4.90 Å². The van der Waals surface area contributed by atoms with Gasteiger partial charge < -0.3 is 4.90 Å². The van der Waals surface area contributed by atoms with Gasteiger partial charge in [0.2, 0.25) is 0 Å². The van der Waals surface area contributed by atoms with Crippen molar-refractivity contribution in [3.63, 3.8) is 0 Å². The quantitative estimate of drug-likeness (QED) is 0.406. The summed E-state index contributed by atoms with van der Waals surface area (Å²) in [4.78, 5) is 15.0. The fourth-order valence-corrected chi connectivity index (χ4v) is 4.02. The standard InChI is InChI=1S/C26H19NO/c1-27-24-16-15-19-11-5-6-12-20(19)25(24)23(17-18-9-3-2-4-10-18)21-13-7-8-14-22(21)26(27)28/h2-17H,1H3/b23-17-. The Kier molecular flexibility index (Phi) is 3.84. The number of fused-ring (bicyclic) bond motifs is 4. The predicted molar refractivity (Wildman–Crippen MR) is 117 cm³/mol. The summed E-state index contributed by atoms with van der Waals surface area (Å²) in [5.74, 6) is 0.0172.